The lowest BCUT2D eigenvalue weighted by Crippen LogP contribution is -2.19. The molecule has 4 rings (SSSR count). The number of ether oxygens (including phenoxy) is 1. The van der Waals surface area contributed by atoms with E-state index in [2.05, 4.69) is 10.3 Å². The van der Waals surface area contributed by atoms with Crippen LogP contribution in [0.3, 0.4) is 0 Å². The second kappa shape index (κ2) is 7.57. The number of hydrogen-bond acceptors (Lipinski definition) is 4. The molecule has 0 unspecified atom stereocenters. The Morgan fingerprint density at radius 2 is 1.94 bits per heavy atom. The van der Waals surface area contributed by atoms with Gasteiger partial charge in [-0.25, -0.2) is 14.2 Å². The van der Waals surface area contributed by atoms with Gasteiger partial charge >= 0.3 is 12.1 Å². The molecule has 9 heteroatoms. The van der Waals surface area contributed by atoms with Gasteiger partial charge in [0.15, 0.2) is 0 Å². The van der Waals surface area contributed by atoms with E-state index in [4.69, 9.17) is 4.74 Å². The highest BCUT2D eigenvalue weighted by Gasteiger charge is 2.40. The molecule has 0 fully saturated rings. The molecule has 2 heterocycles. The van der Waals surface area contributed by atoms with Gasteiger partial charge < -0.3 is 14.6 Å². The largest absolute Gasteiger partial charge is 0.462 e. The van der Waals surface area contributed by atoms with E-state index in [1.165, 1.54) is 6.92 Å². The number of anilines is 2. The first-order valence-corrected chi connectivity index (χ1v) is 9.38. The Bertz CT molecular complexity index is 1310. The maximum atomic E-state index is 14.1. The van der Waals surface area contributed by atoms with E-state index < -0.39 is 34.5 Å². The summed E-state index contributed by atoms with van der Waals surface area (Å²) in [6.07, 6.45) is -3.10. The number of carbonyl (C=O) groups is 1. The molecule has 0 radical (unpaired) electrons. The number of nitrogens with zero attached hydrogens (tertiary/aromatic N) is 2. The first-order valence-electron chi connectivity index (χ1n) is 9.38. The molecular weight excluding hydrogens is 414 g/mol. The predicted molar refractivity (Wildman–Crippen MR) is 109 cm³/mol. The lowest BCUT2D eigenvalue weighted by Gasteiger charge is -2.19. The molecule has 1 N–H and O–H groups in total. The minimum atomic E-state index is -4.95. The molecule has 0 aliphatic heterocycles. The molecule has 160 valence electrons. The fourth-order valence-corrected chi connectivity index (χ4v) is 3.50. The molecule has 2 aromatic carbocycles. The summed E-state index contributed by atoms with van der Waals surface area (Å²) in [4.78, 5) is 16.8. The van der Waals surface area contributed by atoms with Gasteiger partial charge in [0.2, 0.25) is 0 Å². The quantitative estimate of drug-likeness (QED) is 0.328. The number of rotatable bonds is 4. The summed E-state index contributed by atoms with van der Waals surface area (Å²) in [7, 11) is 1.83. The summed E-state index contributed by atoms with van der Waals surface area (Å²) < 4.78 is 62.7. The average Bonchev–Trinajstić information content (AvgIpc) is 3.07. The standard InChI is InChI=1S/C22H17F4N3O2/c1-3-31-21(30)18-19(22(24,25)26)15-10-13(23)5-7-16(15)28-20(18)27-14-6-4-12-8-9-29(2)17(12)11-14/h4-11H,3H2,1-2H3,(H,27,28). The number of carbonyl (C=O) groups excluding carboxylic acids is 1. The maximum Gasteiger partial charge on any atom is 0.418 e. The molecule has 2 aromatic heterocycles. The molecular formula is C22H17F4N3O2. The topological polar surface area (TPSA) is 56.1 Å². The molecule has 31 heavy (non-hydrogen) atoms. The molecule has 0 spiro atoms. The van der Waals surface area contributed by atoms with Crippen LogP contribution in [0.25, 0.3) is 21.8 Å². The number of alkyl halides is 3. The second-order valence-electron chi connectivity index (χ2n) is 6.92. The highest BCUT2D eigenvalue weighted by molar-refractivity contribution is 6.03. The summed E-state index contributed by atoms with van der Waals surface area (Å²) >= 11 is 0. The zero-order valence-corrected chi connectivity index (χ0v) is 16.5. The molecule has 0 aliphatic rings. The predicted octanol–water partition coefficient (Wildman–Crippen LogP) is 5.80. The summed E-state index contributed by atoms with van der Waals surface area (Å²) in [5, 5.41) is 3.25. The molecule has 0 bridgehead atoms. The number of fused-ring (bicyclic) bond motifs is 2. The van der Waals surface area contributed by atoms with Gasteiger partial charge in [0.05, 0.1) is 17.7 Å². The summed E-state index contributed by atoms with van der Waals surface area (Å²) in [6, 6.07) is 9.96. The zero-order chi connectivity index (χ0) is 22.3. The molecule has 0 amide bonds. The number of halogens is 4. The molecule has 5 nitrogen and oxygen atoms in total. The van der Waals surface area contributed by atoms with Crippen LogP contribution in [-0.2, 0) is 18.0 Å². The second-order valence-corrected chi connectivity index (χ2v) is 6.92. The summed E-state index contributed by atoms with van der Waals surface area (Å²) in [5.41, 5.74) is -0.926. The van der Waals surface area contributed by atoms with Crippen LogP contribution in [0.15, 0.2) is 48.7 Å². The Morgan fingerprint density at radius 1 is 1.16 bits per heavy atom. The third-order valence-corrected chi connectivity index (χ3v) is 4.86. The summed E-state index contributed by atoms with van der Waals surface area (Å²) in [6.45, 7) is 1.35. The monoisotopic (exact) mass is 431 g/mol. The fraction of sp³-hybridized carbons (Fsp3) is 0.182. The lowest BCUT2D eigenvalue weighted by molar-refractivity contribution is -0.136. The molecule has 4 aromatic rings. The molecule has 0 saturated carbocycles. The fourth-order valence-electron chi connectivity index (χ4n) is 3.50. The average molecular weight is 431 g/mol. The van der Waals surface area contributed by atoms with Crippen molar-refractivity contribution in [3.63, 3.8) is 0 Å². The van der Waals surface area contributed by atoms with Crippen LogP contribution in [0.4, 0.5) is 29.1 Å². The van der Waals surface area contributed by atoms with E-state index in [-0.39, 0.29) is 17.9 Å². The van der Waals surface area contributed by atoms with Crippen LogP contribution in [0.1, 0.15) is 22.8 Å². The number of aromatic nitrogens is 2. The van der Waals surface area contributed by atoms with Crippen LogP contribution in [0.2, 0.25) is 0 Å². The van der Waals surface area contributed by atoms with E-state index in [1.807, 2.05) is 23.9 Å². The number of benzene rings is 2. The molecule has 0 atom stereocenters. The van der Waals surface area contributed by atoms with Crippen LogP contribution in [0, 0.1) is 5.82 Å². The first kappa shape index (κ1) is 20.6. The van der Waals surface area contributed by atoms with Crippen molar-refractivity contribution < 1.29 is 27.1 Å². The van der Waals surface area contributed by atoms with Crippen LogP contribution < -0.4 is 5.32 Å². The Morgan fingerprint density at radius 3 is 2.65 bits per heavy atom. The van der Waals surface area contributed by atoms with E-state index in [0.717, 1.165) is 23.0 Å². The molecule has 0 aliphatic carbocycles. The van der Waals surface area contributed by atoms with Gasteiger partial charge in [-0.05, 0) is 48.7 Å². The SMILES string of the molecule is CCOC(=O)c1c(Nc2ccc3ccn(C)c3c2)nc2ccc(F)cc2c1C(F)(F)F. The number of aryl methyl sites for hydroxylation is 1. The van der Waals surface area contributed by atoms with Gasteiger partial charge in [0, 0.05) is 29.8 Å². The van der Waals surface area contributed by atoms with Crippen molar-refractivity contribution in [3.05, 3.63) is 65.6 Å². The van der Waals surface area contributed by atoms with E-state index >= 15 is 0 Å². The highest BCUT2D eigenvalue weighted by atomic mass is 19.4. The minimum absolute atomic E-state index is 0.107. The Balaban J connectivity index is 1.98. The van der Waals surface area contributed by atoms with Gasteiger partial charge in [0.1, 0.15) is 17.2 Å². The van der Waals surface area contributed by atoms with Crippen molar-refractivity contribution in [2.24, 2.45) is 7.05 Å². The Hall–Kier alpha value is -3.62. The van der Waals surface area contributed by atoms with Gasteiger partial charge in [-0.3, -0.25) is 0 Å². The van der Waals surface area contributed by atoms with Crippen molar-refractivity contribution in [2.45, 2.75) is 13.1 Å². The summed E-state index contributed by atoms with van der Waals surface area (Å²) in [5.74, 6) is -2.39. The van der Waals surface area contributed by atoms with Gasteiger partial charge in [-0.1, -0.05) is 6.07 Å². The zero-order valence-electron chi connectivity index (χ0n) is 16.5. The van der Waals surface area contributed by atoms with Gasteiger partial charge in [-0.15, -0.1) is 0 Å². The number of pyridine rings is 1. The number of nitrogens with one attached hydrogen (secondary N) is 1. The number of hydrogen-bond donors (Lipinski definition) is 1. The Kier molecular flexibility index (Phi) is 5.04. The maximum absolute atomic E-state index is 14.1. The van der Waals surface area contributed by atoms with Gasteiger partial charge in [-0.2, -0.15) is 13.2 Å². The first-order chi connectivity index (χ1) is 14.7. The van der Waals surface area contributed by atoms with Gasteiger partial charge in [0.25, 0.3) is 0 Å². The number of esters is 1. The molecule has 0 saturated heterocycles. The van der Waals surface area contributed by atoms with Crippen molar-refractivity contribution in [1.29, 1.82) is 0 Å². The van der Waals surface area contributed by atoms with Crippen LogP contribution in [0.5, 0.6) is 0 Å². The normalized spacial score (nSPS) is 11.8. The smallest absolute Gasteiger partial charge is 0.418 e. The Labute approximate surface area is 174 Å². The van der Waals surface area contributed by atoms with E-state index in [9.17, 15) is 22.4 Å². The third-order valence-electron chi connectivity index (χ3n) is 4.86. The third kappa shape index (κ3) is 3.78. The highest BCUT2D eigenvalue weighted by Crippen LogP contribution is 2.41. The van der Waals surface area contributed by atoms with Crippen LogP contribution >= 0.6 is 0 Å². The van der Waals surface area contributed by atoms with E-state index in [1.54, 1.807) is 18.2 Å². The van der Waals surface area contributed by atoms with Crippen molar-refractivity contribution in [2.75, 3.05) is 11.9 Å². The van der Waals surface area contributed by atoms with Crippen molar-refractivity contribution in [1.82, 2.24) is 9.55 Å². The van der Waals surface area contributed by atoms with Crippen molar-refractivity contribution in [3.8, 4) is 0 Å². The van der Waals surface area contributed by atoms with Crippen molar-refractivity contribution >= 4 is 39.3 Å². The lowest BCUT2D eigenvalue weighted by atomic mass is 10.0. The van der Waals surface area contributed by atoms with Crippen LogP contribution in [-0.4, -0.2) is 22.1 Å². The minimum Gasteiger partial charge on any atom is -0.462 e. The van der Waals surface area contributed by atoms with E-state index in [0.29, 0.717) is 11.8 Å².